The van der Waals surface area contributed by atoms with Crippen LogP contribution in [0, 0.1) is 0 Å². The lowest BCUT2D eigenvalue weighted by Crippen LogP contribution is -2.28. The van der Waals surface area contributed by atoms with Crippen LogP contribution in [0.1, 0.15) is 23.0 Å². The van der Waals surface area contributed by atoms with Crippen LogP contribution in [0.3, 0.4) is 0 Å². The molecule has 0 aliphatic carbocycles. The van der Waals surface area contributed by atoms with Gasteiger partial charge in [0.05, 0.1) is 36.0 Å². The second kappa shape index (κ2) is 8.10. The molecule has 1 N–H and O–H groups in total. The molecule has 7 heteroatoms. The molecule has 0 radical (unpaired) electrons. The summed E-state index contributed by atoms with van der Waals surface area (Å²) in [5, 5.41) is 3.50. The highest BCUT2D eigenvalue weighted by molar-refractivity contribution is 6.11. The van der Waals surface area contributed by atoms with Gasteiger partial charge >= 0.3 is 5.97 Å². The number of aromatic nitrogens is 1. The predicted molar refractivity (Wildman–Crippen MR) is 107 cm³/mol. The van der Waals surface area contributed by atoms with Crippen molar-refractivity contribution in [2.45, 2.75) is 13.5 Å². The molecule has 0 saturated carbocycles. The Kier molecular flexibility index (Phi) is 5.20. The molecule has 0 aliphatic rings. The fourth-order valence-electron chi connectivity index (χ4n) is 3.22. The van der Waals surface area contributed by atoms with Crippen LogP contribution in [-0.2, 0) is 16.1 Å². The number of carbonyl (C=O) groups is 2. The topological polar surface area (TPSA) is 82.2 Å². The number of amides is 1. The normalized spacial score (nSPS) is 10.9. The number of benzene rings is 1. The zero-order valence-electron chi connectivity index (χ0n) is 15.9. The van der Waals surface area contributed by atoms with Crippen LogP contribution in [0.5, 0.6) is 5.75 Å². The Morgan fingerprint density at radius 2 is 2.00 bits per heavy atom. The van der Waals surface area contributed by atoms with E-state index in [2.05, 4.69) is 5.32 Å². The van der Waals surface area contributed by atoms with Gasteiger partial charge in [0.1, 0.15) is 11.5 Å². The van der Waals surface area contributed by atoms with Crippen molar-refractivity contribution in [3.05, 3.63) is 72.3 Å². The summed E-state index contributed by atoms with van der Waals surface area (Å²) in [5.74, 6) is 0.584. The van der Waals surface area contributed by atoms with Gasteiger partial charge in [0.25, 0.3) is 5.91 Å². The van der Waals surface area contributed by atoms with Crippen molar-refractivity contribution in [3.8, 4) is 5.75 Å². The third-order valence-electron chi connectivity index (χ3n) is 4.50. The molecule has 29 heavy (non-hydrogen) atoms. The number of nitrogens with zero attached hydrogens (tertiary/aromatic N) is 1. The first kappa shape index (κ1) is 18.6. The summed E-state index contributed by atoms with van der Waals surface area (Å²) in [7, 11) is 0. The largest absolute Gasteiger partial charge is 0.484 e. The molecule has 0 bridgehead atoms. The SMILES string of the molecule is CCOC(=O)c1c2ccc(OCC(=O)NCc3ccco3)cc2n2ccccc12. The number of hydrogen-bond donors (Lipinski definition) is 1. The van der Waals surface area contributed by atoms with Crippen molar-refractivity contribution in [1.29, 1.82) is 0 Å². The summed E-state index contributed by atoms with van der Waals surface area (Å²) in [6.45, 7) is 2.26. The van der Waals surface area contributed by atoms with E-state index < -0.39 is 0 Å². The van der Waals surface area contributed by atoms with Crippen LogP contribution < -0.4 is 10.1 Å². The zero-order chi connectivity index (χ0) is 20.2. The van der Waals surface area contributed by atoms with Gasteiger partial charge in [0, 0.05) is 17.6 Å². The van der Waals surface area contributed by atoms with Crippen molar-refractivity contribution >= 4 is 28.3 Å². The first-order chi connectivity index (χ1) is 14.2. The van der Waals surface area contributed by atoms with Gasteiger partial charge in [0.2, 0.25) is 0 Å². The first-order valence-corrected chi connectivity index (χ1v) is 9.29. The average Bonchev–Trinajstić information content (AvgIpc) is 3.36. The van der Waals surface area contributed by atoms with E-state index >= 15 is 0 Å². The van der Waals surface area contributed by atoms with Gasteiger partial charge in [-0.05, 0) is 43.3 Å². The lowest BCUT2D eigenvalue weighted by Gasteiger charge is -2.07. The van der Waals surface area contributed by atoms with Crippen LogP contribution in [0.2, 0.25) is 0 Å². The Morgan fingerprint density at radius 3 is 2.79 bits per heavy atom. The molecule has 0 unspecified atom stereocenters. The Bertz CT molecular complexity index is 1160. The molecule has 0 spiro atoms. The van der Waals surface area contributed by atoms with Gasteiger partial charge in [-0.2, -0.15) is 0 Å². The van der Waals surface area contributed by atoms with Crippen molar-refractivity contribution < 1.29 is 23.5 Å². The first-order valence-electron chi connectivity index (χ1n) is 9.29. The van der Waals surface area contributed by atoms with Gasteiger partial charge in [-0.15, -0.1) is 0 Å². The predicted octanol–water partition coefficient (Wildman–Crippen LogP) is 3.56. The number of rotatable bonds is 7. The van der Waals surface area contributed by atoms with Gasteiger partial charge in [-0.1, -0.05) is 6.07 Å². The summed E-state index contributed by atoms with van der Waals surface area (Å²) in [5.41, 5.74) is 2.08. The second-order valence-corrected chi connectivity index (χ2v) is 6.38. The van der Waals surface area contributed by atoms with Crippen LogP contribution in [0.25, 0.3) is 16.4 Å². The fourth-order valence-corrected chi connectivity index (χ4v) is 3.22. The monoisotopic (exact) mass is 392 g/mol. The molecule has 0 aliphatic heterocycles. The van der Waals surface area contributed by atoms with E-state index in [0.29, 0.717) is 30.2 Å². The number of fused-ring (bicyclic) bond motifs is 3. The fraction of sp³-hybridized carbons (Fsp3) is 0.182. The van der Waals surface area contributed by atoms with Crippen molar-refractivity contribution in [2.75, 3.05) is 13.2 Å². The molecule has 4 aromatic rings. The number of carbonyl (C=O) groups excluding carboxylic acids is 2. The summed E-state index contributed by atoms with van der Waals surface area (Å²) in [6.07, 6.45) is 3.43. The van der Waals surface area contributed by atoms with Gasteiger partial charge in [0.15, 0.2) is 6.61 Å². The minimum atomic E-state index is -0.364. The Morgan fingerprint density at radius 1 is 1.10 bits per heavy atom. The van der Waals surface area contributed by atoms with E-state index in [1.54, 1.807) is 31.4 Å². The number of esters is 1. The molecule has 4 rings (SSSR count). The van der Waals surface area contributed by atoms with Gasteiger partial charge in [-0.3, -0.25) is 4.79 Å². The molecule has 0 fully saturated rings. The highest BCUT2D eigenvalue weighted by Crippen LogP contribution is 2.30. The number of ether oxygens (including phenoxy) is 2. The maximum Gasteiger partial charge on any atom is 0.340 e. The van der Waals surface area contributed by atoms with Crippen molar-refractivity contribution in [3.63, 3.8) is 0 Å². The minimum Gasteiger partial charge on any atom is -0.484 e. The molecule has 7 nitrogen and oxygen atoms in total. The Balaban J connectivity index is 1.55. The van der Waals surface area contributed by atoms with Crippen LogP contribution >= 0.6 is 0 Å². The summed E-state index contributed by atoms with van der Waals surface area (Å²) >= 11 is 0. The maximum absolute atomic E-state index is 12.5. The van der Waals surface area contributed by atoms with Crippen LogP contribution in [0.15, 0.2) is 65.4 Å². The van der Waals surface area contributed by atoms with E-state index in [0.717, 1.165) is 16.4 Å². The van der Waals surface area contributed by atoms with E-state index in [-0.39, 0.29) is 18.5 Å². The number of nitrogens with one attached hydrogen (secondary N) is 1. The molecule has 3 heterocycles. The number of hydrogen-bond acceptors (Lipinski definition) is 5. The standard InChI is InChI=1S/C22H20N2O5/c1-2-27-22(26)21-17-9-8-15(12-19(17)24-10-4-3-7-18(21)24)29-14-20(25)23-13-16-6-5-11-28-16/h3-12H,2,13-14H2,1H3,(H,23,25). The van der Waals surface area contributed by atoms with Gasteiger partial charge < -0.3 is 23.6 Å². The molecule has 148 valence electrons. The summed E-state index contributed by atoms with van der Waals surface area (Å²) < 4.78 is 18.0. The molecule has 1 amide bonds. The molecule has 1 aromatic carbocycles. The van der Waals surface area contributed by atoms with Gasteiger partial charge in [-0.25, -0.2) is 4.79 Å². The lowest BCUT2D eigenvalue weighted by atomic mass is 10.1. The highest BCUT2D eigenvalue weighted by Gasteiger charge is 2.19. The Hall–Kier alpha value is -3.74. The molecule has 0 atom stereocenters. The van der Waals surface area contributed by atoms with Crippen LogP contribution in [-0.4, -0.2) is 29.5 Å². The van der Waals surface area contributed by atoms with E-state index in [1.807, 2.05) is 40.9 Å². The Labute approximate surface area is 166 Å². The summed E-state index contributed by atoms with van der Waals surface area (Å²) in [4.78, 5) is 24.5. The molecular weight excluding hydrogens is 372 g/mol. The number of furan rings is 1. The molecule has 0 saturated heterocycles. The zero-order valence-corrected chi connectivity index (χ0v) is 15.9. The average molecular weight is 392 g/mol. The number of pyridine rings is 1. The third-order valence-corrected chi connectivity index (χ3v) is 4.50. The molecule has 3 aromatic heterocycles. The van der Waals surface area contributed by atoms with Crippen molar-refractivity contribution in [2.24, 2.45) is 0 Å². The minimum absolute atomic E-state index is 0.125. The van der Waals surface area contributed by atoms with E-state index in [1.165, 1.54) is 0 Å². The van der Waals surface area contributed by atoms with E-state index in [4.69, 9.17) is 13.9 Å². The summed E-state index contributed by atoms with van der Waals surface area (Å²) in [6, 6.07) is 14.5. The second-order valence-electron chi connectivity index (χ2n) is 6.38. The molecular formula is C22H20N2O5. The lowest BCUT2D eigenvalue weighted by molar-refractivity contribution is -0.123. The maximum atomic E-state index is 12.5. The highest BCUT2D eigenvalue weighted by atomic mass is 16.5. The smallest absolute Gasteiger partial charge is 0.340 e. The van der Waals surface area contributed by atoms with Crippen LogP contribution in [0.4, 0.5) is 0 Å². The van der Waals surface area contributed by atoms with E-state index in [9.17, 15) is 9.59 Å². The third kappa shape index (κ3) is 3.80. The van der Waals surface area contributed by atoms with Crippen molar-refractivity contribution in [1.82, 2.24) is 9.72 Å². The quantitative estimate of drug-likeness (QED) is 0.486.